The molecule has 0 spiro atoms. The maximum atomic E-state index is 6.15. The van der Waals surface area contributed by atoms with Crippen molar-refractivity contribution < 1.29 is 18.9 Å². The zero-order valence-corrected chi connectivity index (χ0v) is 18.3. The molecule has 9 nitrogen and oxygen atoms in total. The smallest absolute Gasteiger partial charge is 0.212 e. The Hall–Kier alpha value is -3.62. The van der Waals surface area contributed by atoms with Crippen molar-refractivity contribution in [3.05, 3.63) is 35.9 Å². The summed E-state index contributed by atoms with van der Waals surface area (Å²) in [6.07, 6.45) is 1.24. The van der Waals surface area contributed by atoms with Gasteiger partial charge in [0.1, 0.15) is 0 Å². The third-order valence-electron chi connectivity index (χ3n) is 5.34. The number of aliphatic imine (C=N–C) groups is 1. The Bertz CT molecular complexity index is 1170. The van der Waals surface area contributed by atoms with Crippen LogP contribution in [0.15, 0.2) is 35.3 Å². The molecule has 0 saturated carbocycles. The van der Waals surface area contributed by atoms with Crippen LogP contribution in [0.25, 0.3) is 11.0 Å². The number of aromatic nitrogens is 2. The van der Waals surface area contributed by atoms with Crippen LogP contribution in [-0.4, -0.2) is 41.9 Å². The first-order valence-corrected chi connectivity index (χ1v) is 11.0. The van der Waals surface area contributed by atoms with E-state index in [0.717, 1.165) is 29.4 Å². The Morgan fingerprint density at radius 2 is 1.97 bits per heavy atom. The number of rotatable bonds is 6. The normalized spacial score (nSPS) is 17.2. The summed E-state index contributed by atoms with van der Waals surface area (Å²) in [4.78, 5) is 9.47. The van der Waals surface area contributed by atoms with Gasteiger partial charge < -0.3 is 24.7 Å². The monoisotopic (exact) mass is 437 g/mol. The Labute approximate surface area is 186 Å². The van der Waals surface area contributed by atoms with Gasteiger partial charge >= 0.3 is 0 Å². The van der Waals surface area contributed by atoms with Gasteiger partial charge in [0.05, 0.1) is 37.5 Å². The standard InChI is InChI=1S/C23H27N5O4/c1-3-9-32-20-14(7-5-8-17(20)29-4-2)21-26-22(24)27-23-25-15-12-18-19(13-16(15)28(21)23)31-11-6-10-30-18/h5,7-8,12-13,21H,3-4,6,9-11H2,1-2H3,(H3,24,25,26,27). The Morgan fingerprint density at radius 3 is 2.75 bits per heavy atom. The Morgan fingerprint density at radius 1 is 1.16 bits per heavy atom. The number of ether oxygens (including phenoxy) is 4. The summed E-state index contributed by atoms with van der Waals surface area (Å²) in [6.45, 7) is 6.35. The molecular weight excluding hydrogens is 410 g/mol. The fourth-order valence-electron chi connectivity index (χ4n) is 4.00. The van der Waals surface area contributed by atoms with Crippen molar-refractivity contribution in [2.45, 2.75) is 32.9 Å². The van der Waals surface area contributed by atoms with E-state index in [1.165, 1.54) is 0 Å². The predicted octanol–water partition coefficient (Wildman–Crippen LogP) is 3.67. The van der Waals surface area contributed by atoms with Gasteiger partial charge in [-0.15, -0.1) is 0 Å². The summed E-state index contributed by atoms with van der Waals surface area (Å²) in [5, 5.41) is 3.08. The van der Waals surface area contributed by atoms with Gasteiger partial charge in [-0.3, -0.25) is 9.88 Å². The topological polar surface area (TPSA) is 105 Å². The molecule has 0 saturated heterocycles. The van der Waals surface area contributed by atoms with E-state index in [9.17, 15) is 0 Å². The fourth-order valence-corrected chi connectivity index (χ4v) is 4.00. The molecule has 3 N–H and O–H groups in total. The van der Waals surface area contributed by atoms with Crippen molar-refractivity contribution in [2.24, 2.45) is 10.7 Å². The van der Waals surface area contributed by atoms with Crippen molar-refractivity contribution >= 4 is 22.9 Å². The van der Waals surface area contributed by atoms with Gasteiger partial charge in [0, 0.05) is 24.1 Å². The molecule has 2 aliphatic rings. The largest absolute Gasteiger partial charge is 0.490 e. The lowest BCUT2D eigenvalue weighted by Gasteiger charge is -2.26. The van der Waals surface area contributed by atoms with E-state index in [1.807, 2.05) is 41.8 Å². The molecule has 2 aromatic carbocycles. The summed E-state index contributed by atoms with van der Waals surface area (Å²) in [5.74, 6) is 3.63. The van der Waals surface area contributed by atoms with E-state index in [4.69, 9.17) is 34.7 Å². The van der Waals surface area contributed by atoms with Crippen molar-refractivity contribution in [2.75, 3.05) is 31.7 Å². The van der Waals surface area contributed by atoms with E-state index in [1.54, 1.807) is 0 Å². The molecule has 2 aliphatic heterocycles. The molecule has 32 heavy (non-hydrogen) atoms. The van der Waals surface area contributed by atoms with Crippen LogP contribution in [0.5, 0.6) is 23.0 Å². The van der Waals surface area contributed by atoms with E-state index in [2.05, 4.69) is 12.2 Å². The minimum Gasteiger partial charge on any atom is -0.490 e. The van der Waals surface area contributed by atoms with Gasteiger partial charge in [-0.25, -0.2) is 9.98 Å². The first kappa shape index (κ1) is 20.3. The fraction of sp³-hybridized carbons (Fsp3) is 0.391. The lowest BCUT2D eigenvalue weighted by molar-refractivity contribution is 0.272. The number of anilines is 1. The van der Waals surface area contributed by atoms with Gasteiger partial charge in [0.25, 0.3) is 0 Å². The molecule has 0 fully saturated rings. The number of guanidine groups is 1. The second-order valence-electron chi connectivity index (χ2n) is 7.61. The summed E-state index contributed by atoms with van der Waals surface area (Å²) >= 11 is 0. The first-order chi connectivity index (χ1) is 15.7. The first-order valence-electron chi connectivity index (χ1n) is 11.0. The zero-order valence-electron chi connectivity index (χ0n) is 18.3. The molecule has 0 bridgehead atoms. The molecule has 3 heterocycles. The van der Waals surface area contributed by atoms with E-state index < -0.39 is 6.17 Å². The quantitative estimate of drug-likeness (QED) is 0.606. The Kier molecular flexibility index (Phi) is 5.38. The molecule has 1 unspecified atom stereocenters. The van der Waals surface area contributed by atoms with Crippen molar-refractivity contribution in [3.63, 3.8) is 0 Å². The zero-order chi connectivity index (χ0) is 22.1. The number of nitrogens with two attached hydrogens (primary N) is 1. The summed E-state index contributed by atoms with van der Waals surface area (Å²) < 4.78 is 25.8. The highest BCUT2D eigenvalue weighted by Crippen LogP contribution is 2.43. The highest BCUT2D eigenvalue weighted by atomic mass is 16.5. The number of para-hydroxylation sites is 1. The predicted molar refractivity (Wildman–Crippen MR) is 122 cm³/mol. The molecular formula is C23H27N5O4. The number of hydrogen-bond acceptors (Lipinski definition) is 8. The maximum absolute atomic E-state index is 6.15. The highest BCUT2D eigenvalue weighted by molar-refractivity contribution is 5.95. The maximum Gasteiger partial charge on any atom is 0.212 e. The van der Waals surface area contributed by atoms with Crippen molar-refractivity contribution in [1.82, 2.24) is 9.55 Å². The number of nitrogens with zero attached hydrogens (tertiary/aromatic N) is 3. The molecule has 5 rings (SSSR count). The number of nitrogens with one attached hydrogen (secondary N) is 1. The van der Waals surface area contributed by atoms with Crippen LogP contribution in [0.4, 0.5) is 5.95 Å². The lowest BCUT2D eigenvalue weighted by Crippen LogP contribution is -2.31. The van der Waals surface area contributed by atoms with E-state index in [0.29, 0.717) is 55.4 Å². The van der Waals surface area contributed by atoms with Crippen LogP contribution in [0, 0.1) is 0 Å². The number of benzene rings is 2. The minimum absolute atomic E-state index is 0.287. The van der Waals surface area contributed by atoms with Crippen molar-refractivity contribution in [3.8, 4) is 23.0 Å². The van der Waals surface area contributed by atoms with Crippen LogP contribution < -0.4 is 30.0 Å². The van der Waals surface area contributed by atoms with Gasteiger partial charge in [0.2, 0.25) is 5.95 Å². The van der Waals surface area contributed by atoms with E-state index >= 15 is 0 Å². The van der Waals surface area contributed by atoms with Gasteiger partial charge in [-0.05, 0) is 19.4 Å². The third kappa shape index (κ3) is 3.53. The second kappa shape index (κ2) is 8.49. The summed E-state index contributed by atoms with van der Waals surface area (Å²) in [6, 6.07) is 9.69. The molecule has 1 atom stereocenters. The minimum atomic E-state index is -0.478. The summed E-state index contributed by atoms with van der Waals surface area (Å²) in [5.41, 5.74) is 8.63. The highest BCUT2D eigenvalue weighted by Gasteiger charge is 2.30. The van der Waals surface area contributed by atoms with Gasteiger partial charge in [-0.1, -0.05) is 19.1 Å². The van der Waals surface area contributed by atoms with Crippen LogP contribution in [0.1, 0.15) is 38.4 Å². The molecule has 0 aliphatic carbocycles. The van der Waals surface area contributed by atoms with Crippen LogP contribution in [-0.2, 0) is 0 Å². The SMILES string of the molecule is CCCOc1c(OCC)cccc1C1N=C(N)Nc2nc3cc4c(cc3n21)OCCCO4. The number of fused-ring (bicyclic) bond motifs is 4. The van der Waals surface area contributed by atoms with E-state index in [-0.39, 0.29) is 5.96 Å². The van der Waals surface area contributed by atoms with Crippen LogP contribution >= 0.6 is 0 Å². The average molecular weight is 438 g/mol. The van der Waals surface area contributed by atoms with Gasteiger partial charge in [0.15, 0.2) is 35.1 Å². The molecule has 168 valence electrons. The Balaban J connectivity index is 1.68. The molecule has 0 radical (unpaired) electrons. The molecule has 9 heteroatoms. The molecule has 0 amide bonds. The number of hydrogen-bond donors (Lipinski definition) is 2. The molecule has 3 aromatic rings. The van der Waals surface area contributed by atoms with Crippen LogP contribution in [0.3, 0.4) is 0 Å². The second-order valence-corrected chi connectivity index (χ2v) is 7.61. The summed E-state index contributed by atoms with van der Waals surface area (Å²) in [7, 11) is 0. The third-order valence-corrected chi connectivity index (χ3v) is 5.34. The lowest BCUT2D eigenvalue weighted by atomic mass is 10.1. The van der Waals surface area contributed by atoms with Gasteiger partial charge in [-0.2, -0.15) is 0 Å². The van der Waals surface area contributed by atoms with Crippen LogP contribution in [0.2, 0.25) is 0 Å². The van der Waals surface area contributed by atoms with Crippen molar-refractivity contribution in [1.29, 1.82) is 0 Å². The number of imidazole rings is 1. The molecule has 1 aromatic heterocycles. The average Bonchev–Trinajstić information content (AvgIpc) is 2.97.